The smallest absolute Gasteiger partial charge is 0.136 e. The van der Waals surface area contributed by atoms with Crippen LogP contribution in [-0.2, 0) is 4.79 Å². The zero-order valence-electron chi connectivity index (χ0n) is 9.45. The van der Waals surface area contributed by atoms with Gasteiger partial charge in [-0.25, -0.2) is 0 Å². The highest BCUT2D eigenvalue weighted by atomic mass is 16.2. The molecule has 1 aliphatic carbocycles. The van der Waals surface area contributed by atoms with Gasteiger partial charge in [-0.15, -0.1) is 0 Å². The van der Waals surface area contributed by atoms with E-state index in [1.165, 1.54) is 0 Å². The minimum absolute atomic E-state index is 0.279. The topological polar surface area (TPSA) is 37.3 Å². The van der Waals surface area contributed by atoms with E-state index in [-0.39, 0.29) is 6.61 Å². The van der Waals surface area contributed by atoms with Crippen molar-refractivity contribution < 1.29 is 9.90 Å². The van der Waals surface area contributed by atoms with Crippen molar-refractivity contribution in [2.45, 2.75) is 51.4 Å². The van der Waals surface area contributed by atoms with E-state index in [1.807, 2.05) is 0 Å². The van der Waals surface area contributed by atoms with Crippen LogP contribution in [0, 0.1) is 5.92 Å². The van der Waals surface area contributed by atoms with Crippen LogP contribution in [0.15, 0.2) is 12.2 Å². The van der Waals surface area contributed by atoms with Gasteiger partial charge in [-0.05, 0) is 32.1 Å². The van der Waals surface area contributed by atoms with E-state index < -0.39 is 0 Å². The number of ketones is 1. The molecule has 0 spiro atoms. The number of aliphatic hydroxyl groups is 1. The molecule has 0 aromatic rings. The van der Waals surface area contributed by atoms with Gasteiger partial charge in [0.25, 0.3) is 0 Å². The summed E-state index contributed by atoms with van der Waals surface area (Å²) in [5.74, 6) is 0.746. The fraction of sp³-hybridized carbons (Fsp3) is 0.769. The van der Waals surface area contributed by atoms with Crippen LogP contribution < -0.4 is 0 Å². The van der Waals surface area contributed by atoms with Crippen LogP contribution in [0.1, 0.15) is 51.4 Å². The molecule has 1 atom stereocenters. The van der Waals surface area contributed by atoms with Gasteiger partial charge in [-0.3, -0.25) is 4.79 Å². The molecule has 1 unspecified atom stereocenters. The Morgan fingerprint density at radius 1 is 1.20 bits per heavy atom. The fourth-order valence-electron chi connectivity index (χ4n) is 2.05. The molecule has 0 saturated carbocycles. The van der Waals surface area contributed by atoms with Crippen LogP contribution in [0.3, 0.4) is 0 Å². The Hall–Kier alpha value is -0.630. The van der Waals surface area contributed by atoms with E-state index in [1.54, 1.807) is 0 Å². The third-order valence-electron chi connectivity index (χ3n) is 3.06. The van der Waals surface area contributed by atoms with Crippen LogP contribution in [0.5, 0.6) is 0 Å². The molecule has 0 amide bonds. The Morgan fingerprint density at radius 2 is 2.00 bits per heavy atom. The molecule has 0 aliphatic heterocycles. The summed E-state index contributed by atoms with van der Waals surface area (Å²) in [4.78, 5) is 11.7. The summed E-state index contributed by atoms with van der Waals surface area (Å²) >= 11 is 0. The Bertz CT molecular complexity index is 209. The molecule has 2 heteroatoms. The summed E-state index contributed by atoms with van der Waals surface area (Å²) in [6, 6.07) is 0. The second-order valence-corrected chi connectivity index (χ2v) is 4.34. The van der Waals surface area contributed by atoms with Gasteiger partial charge in [0.05, 0.1) is 0 Å². The van der Waals surface area contributed by atoms with E-state index >= 15 is 0 Å². The molecule has 0 bridgehead atoms. The number of hydrogen-bond acceptors (Lipinski definition) is 2. The number of rotatable bonds is 7. The van der Waals surface area contributed by atoms with E-state index in [9.17, 15) is 4.79 Å². The number of carbonyl (C=O) groups is 1. The van der Waals surface area contributed by atoms with Crippen molar-refractivity contribution in [1.82, 2.24) is 0 Å². The summed E-state index contributed by atoms with van der Waals surface area (Å²) in [7, 11) is 0. The van der Waals surface area contributed by atoms with E-state index in [4.69, 9.17) is 5.11 Å². The normalized spacial score (nSPS) is 20.5. The Labute approximate surface area is 92.4 Å². The SMILES string of the molecule is O=C(CCCCCCO)C1CC=CCC1. The summed E-state index contributed by atoms with van der Waals surface area (Å²) < 4.78 is 0. The average molecular weight is 210 g/mol. The molecule has 1 N–H and O–H groups in total. The summed E-state index contributed by atoms with van der Waals surface area (Å²) in [5.41, 5.74) is 0. The number of aliphatic hydroxyl groups excluding tert-OH is 1. The first-order chi connectivity index (χ1) is 7.34. The highest BCUT2D eigenvalue weighted by Gasteiger charge is 2.17. The van der Waals surface area contributed by atoms with Gasteiger partial charge in [0, 0.05) is 18.9 Å². The average Bonchev–Trinajstić information content (AvgIpc) is 2.30. The van der Waals surface area contributed by atoms with Gasteiger partial charge < -0.3 is 5.11 Å². The quantitative estimate of drug-likeness (QED) is 0.518. The standard InChI is InChI=1S/C13H22O2/c14-11-7-2-1-6-10-13(15)12-8-4-3-5-9-12/h3-4,12,14H,1-2,5-11H2. The van der Waals surface area contributed by atoms with Crippen molar-refractivity contribution in [2.24, 2.45) is 5.92 Å². The second kappa shape index (κ2) is 7.63. The molecule has 0 aromatic heterocycles. The molecule has 2 nitrogen and oxygen atoms in total. The van der Waals surface area contributed by atoms with Gasteiger partial charge in [0.2, 0.25) is 0 Å². The third kappa shape index (κ3) is 5.12. The van der Waals surface area contributed by atoms with Crippen molar-refractivity contribution in [3.8, 4) is 0 Å². The zero-order chi connectivity index (χ0) is 10.9. The van der Waals surface area contributed by atoms with Crippen LogP contribution in [0.4, 0.5) is 0 Å². The number of allylic oxidation sites excluding steroid dienone is 2. The minimum Gasteiger partial charge on any atom is -0.396 e. The lowest BCUT2D eigenvalue weighted by Crippen LogP contribution is -2.15. The maximum atomic E-state index is 11.7. The van der Waals surface area contributed by atoms with Crippen LogP contribution in [0.25, 0.3) is 0 Å². The minimum atomic E-state index is 0.279. The van der Waals surface area contributed by atoms with Gasteiger partial charge >= 0.3 is 0 Å². The van der Waals surface area contributed by atoms with E-state index in [0.717, 1.165) is 51.4 Å². The van der Waals surface area contributed by atoms with Crippen molar-refractivity contribution in [1.29, 1.82) is 0 Å². The van der Waals surface area contributed by atoms with E-state index in [2.05, 4.69) is 12.2 Å². The predicted molar refractivity (Wildman–Crippen MR) is 61.7 cm³/mol. The molecule has 86 valence electrons. The first-order valence-corrected chi connectivity index (χ1v) is 6.13. The lowest BCUT2D eigenvalue weighted by Gasteiger charge is -2.16. The Kier molecular flexibility index (Phi) is 6.33. The molecule has 0 radical (unpaired) electrons. The van der Waals surface area contributed by atoms with Gasteiger partial charge in [0.15, 0.2) is 0 Å². The number of unbranched alkanes of at least 4 members (excludes halogenated alkanes) is 3. The van der Waals surface area contributed by atoms with Gasteiger partial charge in [-0.2, -0.15) is 0 Å². The molecule has 0 saturated heterocycles. The number of hydrogen-bond donors (Lipinski definition) is 1. The summed E-state index contributed by atoms with van der Waals surface area (Å²) in [6.45, 7) is 0.279. The highest BCUT2D eigenvalue weighted by Crippen LogP contribution is 2.21. The number of carbonyl (C=O) groups excluding carboxylic acids is 1. The fourth-order valence-corrected chi connectivity index (χ4v) is 2.05. The Balaban J connectivity index is 2.05. The summed E-state index contributed by atoms with van der Waals surface area (Å²) in [6.07, 6.45) is 12.1. The Morgan fingerprint density at radius 3 is 2.67 bits per heavy atom. The lowest BCUT2D eigenvalue weighted by molar-refractivity contribution is -0.123. The molecule has 0 aromatic carbocycles. The maximum absolute atomic E-state index is 11.7. The predicted octanol–water partition coefficient (Wildman–Crippen LogP) is 2.85. The van der Waals surface area contributed by atoms with Gasteiger partial charge in [-0.1, -0.05) is 25.0 Å². The second-order valence-electron chi connectivity index (χ2n) is 4.34. The highest BCUT2D eigenvalue weighted by molar-refractivity contribution is 5.81. The molecular formula is C13H22O2. The van der Waals surface area contributed by atoms with Crippen molar-refractivity contribution >= 4 is 5.78 Å². The molecule has 0 heterocycles. The molecule has 1 aliphatic rings. The molecule has 1 rings (SSSR count). The largest absolute Gasteiger partial charge is 0.396 e. The van der Waals surface area contributed by atoms with Gasteiger partial charge in [0.1, 0.15) is 5.78 Å². The molecule has 15 heavy (non-hydrogen) atoms. The van der Waals surface area contributed by atoms with Crippen molar-refractivity contribution in [3.05, 3.63) is 12.2 Å². The maximum Gasteiger partial charge on any atom is 0.136 e. The van der Waals surface area contributed by atoms with Crippen LogP contribution in [0.2, 0.25) is 0 Å². The van der Waals surface area contributed by atoms with Crippen LogP contribution >= 0.6 is 0 Å². The van der Waals surface area contributed by atoms with Crippen molar-refractivity contribution in [3.63, 3.8) is 0 Å². The molecular weight excluding hydrogens is 188 g/mol. The number of Topliss-reactive ketones (excluding diaryl/α,β-unsaturated/α-hetero) is 1. The first kappa shape index (κ1) is 12.4. The zero-order valence-corrected chi connectivity index (χ0v) is 9.45. The monoisotopic (exact) mass is 210 g/mol. The van der Waals surface area contributed by atoms with Crippen molar-refractivity contribution in [2.75, 3.05) is 6.61 Å². The first-order valence-electron chi connectivity index (χ1n) is 6.13. The molecule has 0 fully saturated rings. The lowest BCUT2D eigenvalue weighted by atomic mass is 9.88. The van der Waals surface area contributed by atoms with E-state index in [0.29, 0.717) is 11.7 Å². The van der Waals surface area contributed by atoms with Crippen LogP contribution in [-0.4, -0.2) is 17.5 Å². The third-order valence-corrected chi connectivity index (χ3v) is 3.06. The summed E-state index contributed by atoms with van der Waals surface area (Å²) in [5, 5.41) is 8.60.